The Balaban J connectivity index is 1.76. The quantitative estimate of drug-likeness (QED) is 0.740. The van der Waals surface area contributed by atoms with Crippen molar-refractivity contribution < 1.29 is 9.53 Å². The molecule has 0 radical (unpaired) electrons. The number of hydrogen-bond donors (Lipinski definition) is 1. The number of rotatable bonds is 6. The highest BCUT2D eigenvalue weighted by Crippen LogP contribution is 2.27. The smallest absolute Gasteiger partial charge is 0.255 e. The number of amides is 1. The van der Waals surface area contributed by atoms with Gasteiger partial charge in [0.15, 0.2) is 0 Å². The maximum absolute atomic E-state index is 12.6. The van der Waals surface area contributed by atoms with Gasteiger partial charge in [0.2, 0.25) is 0 Å². The van der Waals surface area contributed by atoms with E-state index in [1.54, 1.807) is 59.5 Å². The van der Waals surface area contributed by atoms with E-state index < -0.39 is 0 Å². The lowest BCUT2D eigenvalue weighted by atomic mass is 10.1. The number of hydrogen-bond acceptors (Lipinski definition) is 5. The van der Waals surface area contributed by atoms with Gasteiger partial charge in [-0.15, -0.1) is 0 Å². The van der Waals surface area contributed by atoms with Crippen LogP contribution in [0.3, 0.4) is 0 Å². The fourth-order valence-electron chi connectivity index (χ4n) is 2.46. The Morgan fingerprint density at radius 2 is 1.96 bits per heavy atom. The van der Waals surface area contributed by atoms with Gasteiger partial charge in [-0.25, -0.2) is 4.98 Å². The van der Waals surface area contributed by atoms with Gasteiger partial charge in [-0.1, -0.05) is 24.3 Å². The van der Waals surface area contributed by atoms with Gasteiger partial charge in [0.05, 0.1) is 17.7 Å². The first-order chi connectivity index (χ1) is 12.7. The van der Waals surface area contributed by atoms with Gasteiger partial charge in [0.1, 0.15) is 30.2 Å². The minimum atomic E-state index is -0.261. The van der Waals surface area contributed by atoms with E-state index in [4.69, 9.17) is 4.74 Å². The molecule has 3 rings (SSSR count). The third-order valence-electron chi connectivity index (χ3n) is 3.66. The molecule has 1 aromatic heterocycles. The van der Waals surface area contributed by atoms with Crippen LogP contribution in [0, 0.1) is 11.3 Å². The van der Waals surface area contributed by atoms with Crippen LogP contribution in [0.4, 0.5) is 0 Å². The van der Waals surface area contributed by atoms with Gasteiger partial charge in [-0.05, 0) is 31.2 Å². The molecule has 0 saturated carbocycles. The van der Waals surface area contributed by atoms with Crippen molar-refractivity contribution in [3.05, 3.63) is 72.3 Å². The molecule has 7 heteroatoms. The minimum Gasteiger partial charge on any atom is -0.455 e. The number of para-hydroxylation sites is 2. The lowest BCUT2D eigenvalue weighted by Gasteiger charge is -2.16. The molecule has 1 N–H and O–H groups in total. The monoisotopic (exact) mass is 347 g/mol. The topological polar surface area (TPSA) is 92.8 Å². The van der Waals surface area contributed by atoms with Crippen molar-refractivity contribution in [1.29, 1.82) is 5.26 Å². The molecule has 0 bridgehead atoms. The number of ether oxygens (including phenoxy) is 1. The number of benzene rings is 2. The predicted molar refractivity (Wildman–Crippen MR) is 94.6 cm³/mol. The summed E-state index contributed by atoms with van der Waals surface area (Å²) in [6.07, 6.45) is 3.04. The van der Waals surface area contributed by atoms with E-state index in [0.717, 1.165) is 0 Å². The van der Waals surface area contributed by atoms with Crippen LogP contribution in [0.2, 0.25) is 0 Å². The first-order valence-corrected chi connectivity index (χ1v) is 8.06. The summed E-state index contributed by atoms with van der Waals surface area (Å²) in [4.78, 5) is 16.5. The maximum atomic E-state index is 12.6. The number of nitriles is 1. The highest BCUT2D eigenvalue weighted by molar-refractivity contribution is 5.97. The average Bonchev–Trinajstić information content (AvgIpc) is 3.15. The third kappa shape index (κ3) is 4.05. The summed E-state index contributed by atoms with van der Waals surface area (Å²) in [6, 6.07) is 15.8. The molecular formula is C19H17N5O2. The maximum Gasteiger partial charge on any atom is 0.255 e. The van der Waals surface area contributed by atoms with Gasteiger partial charge < -0.3 is 10.1 Å². The molecule has 0 fully saturated rings. The summed E-state index contributed by atoms with van der Waals surface area (Å²) in [5, 5.41) is 16.1. The second-order valence-electron chi connectivity index (χ2n) is 5.70. The summed E-state index contributed by atoms with van der Waals surface area (Å²) in [6.45, 7) is 2.39. The predicted octanol–water partition coefficient (Wildman–Crippen LogP) is 2.76. The molecule has 0 aliphatic carbocycles. The standard InChI is InChI=1S/C19H17N5O2/c1-14(11-24-13-21-12-22-24)23-19(25)16-7-3-5-9-18(16)26-17-8-4-2-6-15(17)10-20/h2-9,12-14H,11H2,1H3,(H,23,25). The molecule has 2 aromatic carbocycles. The van der Waals surface area contributed by atoms with Crippen molar-refractivity contribution in [2.24, 2.45) is 0 Å². The minimum absolute atomic E-state index is 0.149. The van der Waals surface area contributed by atoms with Crippen molar-refractivity contribution in [3.63, 3.8) is 0 Å². The van der Waals surface area contributed by atoms with Crippen LogP contribution >= 0.6 is 0 Å². The number of nitrogens with one attached hydrogen (secondary N) is 1. The van der Waals surface area contributed by atoms with Crippen LogP contribution in [-0.4, -0.2) is 26.7 Å². The Labute approximate surface area is 150 Å². The Morgan fingerprint density at radius 1 is 1.23 bits per heavy atom. The average molecular weight is 347 g/mol. The first kappa shape index (κ1) is 17.2. The zero-order valence-electron chi connectivity index (χ0n) is 14.2. The molecule has 1 unspecified atom stereocenters. The highest BCUT2D eigenvalue weighted by atomic mass is 16.5. The van der Waals surface area contributed by atoms with Gasteiger partial charge in [-0.2, -0.15) is 10.4 Å². The molecule has 0 aliphatic rings. The van der Waals surface area contributed by atoms with E-state index in [1.807, 2.05) is 6.92 Å². The van der Waals surface area contributed by atoms with Crippen molar-refractivity contribution in [1.82, 2.24) is 20.1 Å². The second-order valence-corrected chi connectivity index (χ2v) is 5.70. The summed E-state index contributed by atoms with van der Waals surface area (Å²) < 4.78 is 7.48. The molecule has 0 saturated heterocycles. The summed E-state index contributed by atoms with van der Waals surface area (Å²) in [7, 11) is 0. The summed E-state index contributed by atoms with van der Waals surface area (Å²) in [5.74, 6) is 0.536. The molecular weight excluding hydrogens is 330 g/mol. The summed E-state index contributed by atoms with van der Waals surface area (Å²) in [5.41, 5.74) is 0.799. The fourth-order valence-corrected chi connectivity index (χ4v) is 2.46. The van der Waals surface area contributed by atoms with Crippen molar-refractivity contribution >= 4 is 5.91 Å². The van der Waals surface area contributed by atoms with Crippen LogP contribution in [0.15, 0.2) is 61.2 Å². The van der Waals surface area contributed by atoms with E-state index >= 15 is 0 Å². The molecule has 3 aromatic rings. The SMILES string of the molecule is CC(Cn1cncn1)NC(=O)c1ccccc1Oc1ccccc1C#N. The zero-order chi connectivity index (χ0) is 18.4. The number of aromatic nitrogens is 3. The molecule has 26 heavy (non-hydrogen) atoms. The Bertz CT molecular complexity index is 931. The lowest BCUT2D eigenvalue weighted by Crippen LogP contribution is -2.36. The molecule has 0 spiro atoms. The summed E-state index contributed by atoms with van der Waals surface area (Å²) >= 11 is 0. The van der Waals surface area contributed by atoms with E-state index in [9.17, 15) is 10.1 Å². The second kappa shape index (κ2) is 7.94. The molecule has 1 heterocycles. The Kier molecular flexibility index (Phi) is 5.25. The van der Waals surface area contributed by atoms with Gasteiger partial charge in [-0.3, -0.25) is 9.48 Å². The van der Waals surface area contributed by atoms with Crippen LogP contribution in [-0.2, 0) is 6.54 Å². The fraction of sp³-hybridized carbons (Fsp3) is 0.158. The van der Waals surface area contributed by atoms with E-state index in [0.29, 0.717) is 29.2 Å². The molecule has 1 amide bonds. The number of nitrogens with zero attached hydrogens (tertiary/aromatic N) is 4. The highest BCUT2D eigenvalue weighted by Gasteiger charge is 2.16. The molecule has 0 aliphatic heterocycles. The van der Waals surface area contributed by atoms with Gasteiger partial charge >= 0.3 is 0 Å². The first-order valence-electron chi connectivity index (χ1n) is 8.06. The van der Waals surface area contributed by atoms with Crippen molar-refractivity contribution in [2.45, 2.75) is 19.5 Å². The largest absolute Gasteiger partial charge is 0.455 e. The van der Waals surface area contributed by atoms with Crippen molar-refractivity contribution in [3.8, 4) is 17.6 Å². The van der Waals surface area contributed by atoms with Crippen LogP contribution in [0.1, 0.15) is 22.8 Å². The zero-order valence-corrected chi connectivity index (χ0v) is 14.2. The van der Waals surface area contributed by atoms with E-state index in [2.05, 4.69) is 21.5 Å². The van der Waals surface area contributed by atoms with E-state index in [-0.39, 0.29) is 11.9 Å². The Hall–Kier alpha value is -3.66. The lowest BCUT2D eigenvalue weighted by molar-refractivity contribution is 0.0933. The molecule has 130 valence electrons. The van der Waals surface area contributed by atoms with E-state index in [1.165, 1.54) is 6.33 Å². The number of carbonyl (C=O) groups excluding carboxylic acids is 1. The Morgan fingerprint density at radius 3 is 2.69 bits per heavy atom. The van der Waals surface area contributed by atoms with Crippen molar-refractivity contribution in [2.75, 3.05) is 0 Å². The normalized spacial score (nSPS) is 11.4. The van der Waals surface area contributed by atoms with Gasteiger partial charge in [0, 0.05) is 6.04 Å². The molecule has 7 nitrogen and oxygen atoms in total. The number of carbonyl (C=O) groups is 1. The third-order valence-corrected chi connectivity index (χ3v) is 3.66. The van der Waals surface area contributed by atoms with Crippen LogP contribution in [0.25, 0.3) is 0 Å². The van der Waals surface area contributed by atoms with Gasteiger partial charge in [0.25, 0.3) is 5.91 Å². The van der Waals surface area contributed by atoms with Crippen LogP contribution in [0.5, 0.6) is 11.5 Å². The van der Waals surface area contributed by atoms with Crippen LogP contribution < -0.4 is 10.1 Å². The molecule has 1 atom stereocenters.